The Labute approximate surface area is 129 Å². The molecule has 1 saturated heterocycles. The lowest BCUT2D eigenvalue weighted by Crippen LogP contribution is -2.39. The molecule has 6 heteroatoms. The zero-order chi connectivity index (χ0) is 15.7. The van der Waals surface area contributed by atoms with Gasteiger partial charge in [0.2, 0.25) is 0 Å². The Hall–Kier alpha value is -1.79. The molecule has 1 spiro atoms. The molecule has 22 heavy (non-hydrogen) atoms. The van der Waals surface area contributed by atoms with Crippen LogP contribution in [0.3, 0.4) is 0 Å². The second-order valence-corrected chi connectivity index (χ2v) is 5.40. The van der Waals surface area contributed by atoms with E-state index in [9.17, 15) is 4.79 Å². The average molecular weight is 308 g/mol. The number of methoxy groups -OCH3 is 3. The van der Waals surface area contributed by atoms with Crippen molar-refractivity contribution in [2.75, 3.05) is 34.5 Å². The largest absolute Gasteiger partial charge is 0.496 e. The third-order valence-corrected chi connectivity index (χ3v) is 4.31. The van der Waals surface area contributed by atoms with Crippen molar-refractivity contribution in [3.05, 3.63) is 23.3 Å². The lowest BCUT2D eigenvalue weighted by atomic mass is 9.78. The van der Waals surface area contributed by atoms with Gasteiger partial charge in [0.05, 0.1) is 46.0 Å². The number of hydrogen-bond acceptors (Lipinski definition) is 6. The van der Waals surface area contributed by atoms with Crippen LogP contribution in [0, 0.1) is 5.92 Å². The van der Waals surface area contributed by atoms with Crippen LogP contribution in [0.15, 0.2) is 12.1 Å². The Kier molecular flexibility index (Phi) is 3.97. The van der Waals surface area contributed by atoms with E-state index in [4.69, 9.17) is 23.7 Å². The van der Waals surface area contributed by atoms with Crippen LogP contribution in [0.25, 0.3) is 0 Å². The van der Waals surface area contributed by atoms with Crippen molar-refractivity contribution >= 4 is 5.97 Å². The Morgan fingerprint density at radius 2 is 1.77 bits per heavy atom. The number of esters is 1. The van der Waals surface area contributed by atoms with Crippen molar-refractivity contribution in [3.8, 4) is 11.5 Å². The number of carbonyl (C=O) groups excluding carboxylic acids is 1. The van der Waals surface area contributed by atoms with Gasteiger partial charge < -0.3 is 23.7 Å². The number of carbonyl (C=O) groups is 1. The zero-order valence-corrected chi connectivity index (χ0v) is 13.0. The molecular weight excluding hydrogens is 288 g/mol. The first-order valence-corrected chi connectivity index (χ1v) is 7.25. The third-order valence-electron chi connectivity index (χ3n) is 4.31. The van der Waals surface area contributed by atoms with E-state index >= 15 is 0 Å². The summed E-state index contributed by atoms with van der Waals surface area (Å²) < 4.78 is 27.7. The van der Waals surface area contributed by atoms with Crippen molar-refractivity contribution in [2.45, 2.75) is 18.6 Å². The van der Waals surface area contributed by atoms with E-state index in [1.54, 1.807) is 14.2 Å². The lowest BCUT2D eigenvalue weighted by molar-refractivity contribution is -0.192. The highest BCUT2D eigenvalue weighted by Crippen LogP contribution is 2.50. The SMILES string of the molecule is COC(=O)C1Cc2c(OC)ccc(OC)c2C2(C1)OCCO2. The molecule has 0 radical (unpaired) electrons. The predicted octanol–water partition coefficient (Wildman–Crippen LogP) is 1.64. The summed E-state index contributed by atoms with van der Waals surface area (Å²) in [5.41, 5.74) is 1.71. The number of benzene rings is 1. The standard InChI is InChI=1S/C16H20O6/c1-18-12-4-5-13(19-2)14-11(12)8-10(15(17)20-3)9-16(14)21-6-7-22-16/h4-5,10H,6-9H2,1-3H3. The summed E-state index contributed by atoms with van der Waals surface area (Å²) in [6.45, 7) is 0.960. The average Bonchev–Trinajstić information content (AvgIpc) is 3.01. The molecule has 1 aromatic rings. The van der Waals surface area contributed by atoms with Crippen LogP contribution in [-0.2, 0) is 31.2 Å². The van der Waals surface area contributed by atoms with Crippen LogP contribution in [0.2, 0.25) is 0 Å². The molecule has 1 heterocycles. The second kappa shape index (κ2) is 5.78. The van der Waals surface area contributed by atoms with Crippen LogP contribution in [0.1, 0.15) is 17.5 Å². The molecule has 1 aliphatic carbocycles. The van der Waals surface area contributed by atoms with E-state index in [1.807, 2.05) is 12.1 Å². The van der Waals surface area contributed by atoms with Crippen LogP contribution in [0.4, 0.5) is 0 Å². The number of hydrogen-bond donors (Lipinski definition) is 0. The van der Waals surface area contributed by atoms with Gasteiger partial charge in [0, 0.05) is 12.0 Å². The number of rotatable bonds is 3. The fourth-order valence-electron chi connectivity index (χ4n) is 3.38. The highest BCUT2D eigenvalue weighted by molar-refractivity contribution is 5.74. The molecule has 0 aromatic heterocycles. The van der Waals surface area contributed by atoms with Gasteiger partial charge in [0.25, 0.3) is 0 Å². The number of ether oxygens (including phenoxy) is 5. The summed E-state index contributed by atoms with van der Waals surface area (Å²) in [4.78, 5) is 12.1. The first kappa shape index (κ1) is 15.1. The first-order chi connectivity index (χ1) is 10.6. The molecule has 0 bridgehead atoms. The molecule has 2 aliphatic rings. The molecule has 0 saturated carbocycles. The predicted molar refractivity (Wildman–Crippen MR) is 77.0 cm³/mol. The second-order valence-electron chi connectivity index (χ2n) is 5.40. The van der Waals surface area contributed by atoms with Crippen LogP contribution < -0.4 is 9.47 Å². The van der Waals surface area contributed by atoms with Crippen molar-refractivity contribution in [1.82, 2.24) is 0 Å². The summed E-state index contributed by atoms with van der Waals surface area (Å²) in [7, 11) is 4.60. The minimum Gasteiger partial charge on any atom is -0.496 e. The van der Waals surface area contributed by atoms with Crippen LogP contribution >= 0.6 is 0 Å². The van der Waals surface area contributed by atoms with Crippen molar-refractivity contribution in [3.63, 3.8) is 0 Å². The molecular formula is C16H20O6. The van der Waals surface area contributed by atoms with Crippen molar-refractivity contribution in [1.29, 1.82) is 0 Å². The normalized spacial score (nSPS) is 22.2. The fourth-order valence-corrected chi connectivity index (χ4v) is 3.38. The van der Waals surface area contributed by atoms with E-state index < -0.39 is 5.79 Å². The van der Waals surface area contributed by atoms with Crippen molar-refractivity contribution < 1.29 is 28.5 Å². The van der Waals surface area contributed by atoms with Crippen LogP contribution in [0.5, 0.6) is 11.5 Å². The Morgan fingerprint density at radius 1 is 1.14 bits per heavy atom. The minimum atomic E-state index is -0.966. The van der Waals surface area contributed by atoms with Gasteiger partial charge in [-0.3, -0.25) is 4.79 Å². The van der Waals surface area contributed by atoms with Gasteiger partial charge >= 0.3 is 5.97 Å². The Morgan fingerprint density at radius 3 is 2.36 bits per heavy atom. The summed E-state index contributed by atoms with van der Waals surface area (Å²) in [6, 6.07) is 3.67. The minimum absolute atomic E-state index is 0.269. The van der Waals surface area contributed by atoms with Gasteiger partial charge in [0.15, 0.2) is 5.79 Å². The smallest absolute Gasteiger partial charge is 0.309 e. The molecule has 1 unspecified atom stereocenters. The van der Waals surface area contributed by atoms with E-state index in [0.29, 0.717) is 37.6 Å². The van der Waals surface area contributed by atoms with Gasteiger partial charge in [-0.25, -0.2) is 0 Å². The monoisotopic (exact) mass is 308 g/mol. The first-order valence-electron chi connectivity index (χ1n) is 7.25. The van der Waals surface area contributed by atoms with Gasteiger partial charge in [-0.2, -0.15) is 0 Å². The highest BCUT2D eigenvalue weighted by atomic mass is 16.7. The summed E-state index contributed by atoms with van der Waals surface area (Å²) >= 11 is 0. The van der Waals surface area contributed by atoms with Gasteiger partial charge in [-0.1, -0.05) is 0 Å². The summed E-state index contributed by atoms with van der Waals surface area (Å²) in [6.07, 6.45) is 0.924. The van der Waals surface area contributed by atoms with Gasteiger partial charge in [0.1, 0.15) is 11.5 Å². The van der Waals surface area contributed by atoms with Gasteiger partial charge in [-0.15, -0.1) is 0 Å². The number of fused-ring (bicyclic) bond motifs is 2. The van der Waals surface area contributed by atoms with Crippen LogP contribution in [-0.4, -0.2) is 40.5 Å². The topological polar surface area (TPSA) is 63.2 Å². The molecule has 0 N–H and O–H groups in total. The third kappa shape index (κ3) is 2.23. The molecule has 1 atom stereocenters. The van der Waals surface area contributed by atoms with E-state index in [2.05, 4.69) is 0 Å². The molecule has 3 rings (SSSR count). The quantitative estimate of drug-likeness (QED) is 0.791. The summed E-state index contributed by atoms with van der Waals surface area (Å²) in [5, 5.41) is 0. The Bertz CT molecular complexity index is 576. The zero-order valence-electron chi connectivity index (χ0n) is 13.0. The maximum absolute atomic E-state index is 12.1. The lowest BCUT2D eigenvalue weighted by Gasteiger charge is -2.38. The molecule has 6 nitrogen and oxygen atoms in total. The molecule has 1 aromatic carbocycles. The molecule has 120 valence electrons. The maximum Gasteiger partial charge on any atom is 0.309 e. The Balaban J connectivity index is 2.16. The molecule has 1 fully saturated rings. The summed E-state index contributed by atoms with van der Waals surface area (Å²) in [5.74, 6) is -0.193. The van der Waals surface area contributed by atoms with E-state index in [1.165, 1.54) is 7.11 Å². The van der Waals surface area contributed by atoms with E-state index in [0.717, 1.165) is 11.1 Å². The van der Waals surface area contributed by atoms with Gasteiger partial charge in [-0.05, 0) is 18.6 Å². The molecule has 0 amide bonds. The fraction of sp³-hybridized carbons (Fsp3) is 0.562. The van der Waals surface area contributed by atoms with E-state index in [-0.39, 0.29) is 11.9 Å². The molecule has 1 aliphatic heterocycles. The maximum atomic E-state index is 12.1. The highest BCUT2D eigenvalue weighted by Gasteiger charge is 2.50. The van der Waals surface area contributed by atoms with Crippen molar-refractivity contribution in [2.24, 2.45) is 5.92 Å².